The van der Waals surface area contributed by atoms with Crippen LogP contribution in [-0.4, -0.2) is 38.1 Å². The first-order chi connectivity index (χ1) is 12.7. The van der Waals surface area contributed by atoms with Crippen LogP contribution in [-0.2, 0) is 16.3 Å². The molecular formula is C20H21F2NO3S. The number of hydrogen-bond acceptors (Lipinski definition) is 3. The van der Waals surface area contributed by atoms with Crippen LogP contribution in [0.3, 0.4) is 0 Å². The highest BCUT2D eigenvalue weighted by molar-refractivity contribution is 7.90. The standard InChI is InChI=1S/C20H21F2NO3S/c1-13-5-7-14(8-6-13)12-15-4-3-11-23(15)20(24)18-16(21)9-10-17(19(18)22)27(2,25)26/h5-10,15H,3-4,11-12H2,1-2H3/t15-/m1/s1. The number of likely N-dealkylation sites (tertiary alicyclic amines) is 1. The van der Waals surface area contributed by atoms with Crippen LogP contribution in [0.15, 0.2) is 41.3 Å². The van der Waals surface area contributed by atoms with Crippen LogP contribution < -0.4 is 0 Å². The van der Waals surface area contributed by atoms with Gasteiger partial charge in [0, 0.05) is 18.8 Å². The molecule has 0 bridgehead atoms. The molecule has 1 heterocycles. The number of amides is 1. The highest BCUT2D eigenvalue weighted by Crippen LogP contribution is 2.27. The number of carbonyl (C=O) groups excluding carboxylic acids is 1. The molecule has 0 unspecified atom stereocenters. The van der Waals surface area contributed by atoms with Crippen molar-refractivity contribution in [1.82, 2.24) is 4.90 Å². The van der Waals surface area contributed by atoms with E-state index in [0.717, 1.165) is 42.4 Å². The molecular weight excluding hydrogens is 372 g/mol. The Morgan fingerprint density at radius 1 is 1.15 bits per heavy atom. The Labute approximate surface area is 157 Å². The van der Waals surface area contributed by atoms with E-state index in [-0.39, 0.29) is 6.04 Å². The minimum absolute atomic E-state index is 0.180. The van der Waals surface area contributed by atoms with Crippen LogP contribution >= 0.6 is 0 Å². The van der Waals surface area contributed by atoms with E-state index in [1.54, 1.807) is 0 Å². The second kappa shape index (κ2) is 7.38. The first-order valence-electron chi connectivity index (χ1n) is 8.73. The van der Waals surface area contributed by atoms with Gasteiger partial charge >= 0.3 is 0 Å². The molecule has 0 radical (unpaired) electrons. The summed E-state index contributed by atoms with van der Waals surface area (Å²) < 4.78 is 52.3. The van der Waals surface area contributed by atoms with E-state index in [1.165, 1.54) is 4.90 Å². The minimum atomic E-state index is -3.91. The summed E-state index contributed by atoms with van der Waals surface area (Å²) in [6, 6.07) is 9.41. The molecule has 1 amide bonds. The lowest BCUT2D eigenvalue weighted by atomic mass is 10.0. The predicted octanol–water partition coefficient (Wildman–Crippen LogP) is 3.52. The fraction of sp³-hybridized carbons (Fsp3) is 0.350. The van der Waals surface area contributed by atoms with Crippen LogP contribution in [0.4, 0.5) is 8.78 Å². The molecule has 27 heavy (non-hydrogen) atoms. The van der Waals surface area contributed by atoms with Crippen molar-refractivity contribution in [2.45, 2.75) is 37.1 Å². The molecule has 7 heteroatoms. The van der Waals surface area contributed by atoms with E-state index in [0.29, 0.717) is 13.0 Å². The predicted molar refractivity (Wildman–Crippen MR) is 98.4 cm³/mol. The molecule has 144 valence electrons. The molecule has 1 fully saturated rings. The highest BCUT2D eigenvalue weighted by Gasteiger charge is 2.34. The van der Waals surface area contributed by atoms with Crippen molar-refractivity contribution in [3.8, 4) is 0 Å². The van der Waals surface area contributed by atoms with Crippen LogP contribution in [0, 0.1) is 18.6 Å². The number of rotatable bonds is 4. The topological polar surface area (TPSA) is 54.5 Å². The summed E-state index contributed by atoms with van der Waals surface area (Å²) in [5.41, 5.74) is 1.37. The average Bonchev–Trinajstić information content (AvgIpc) is 3.03. The molecule has 0 aliphatic carbocycles. The van der Waals surface area contributed by atoms with Gasteiger partial charge in [0.25, 0.3) is 5.91 Å². The van der Waals surface area contributed by atoms with E-state index >= 15 is 0 Å². The second-order valence-corrected chi connectivity index (χ2v) is 8.98. The van der Waals surface area contributed by atoms with Crippen molar-refractivity contribution in [2.75, 3.05) is 12.8 Å². The SMILES string of the molecule is Cc1ccc(C[C@H]2CCCN2C(=O)c2c(F)ccc(S(C)(=O)=O)c2F)cc1. The van der Waals surface area contributed by atoms with E-state index < -0.39 is 37.8 Å². The van der Waals surface area contributed by atoms with Gasteiger partial charge in [-0.15, -0.1) is 0 Å². The highest BCUT2D eigenvalue weighted by atomic mass is 32.2. The first-order valence-corrected chi connectivity index (χ1v) is 10.6. The zero-order chi connectivity index (χ0) is 19.8. The lowest BCUT2D eigenvalue weighted by Crippen LogP contribution is -2.38. The minimum Gasteiger partial charge on any atom is -0.335 e. The third kappa shape index (κ3) is 4.03. The monoisotopic (exact) mass is 393 g/mol. The Balaban J connectivity index is 1.91. The molecule has 2 aromatic carbocycles. The molecule has 0 spiro atoms. The third-order valence-electron chi connectivity index (χ3n) is 4.90. The van der Waals surface area contributed by atoms with Crippen molar-refractivity contribution >= 4 is 15.7 Å². The number of aryl methyl sites for hydroxylation is 1. The summed E-state index contributed by atoms with van der Waals surface area (Å²) in [4.78, 5) is 13.7. The molecule has 0 saturated carbocycles. The summed E-state index contributed by atoms with van der Waals surface area (Å²) in [7, 11) is -3.91. The van der Waals surface area contributed by atoms with E-state index in [9.17, 15) is 22.0 Å². The molecule has 1 aliphatic rings. The molecule has 1 saturated heterocycles. The van der Waals surface area contributed by atoms with Gasteiger partial charge in [-0.25, -0.2) is 17.2 Å². The molecule has 1 aliphatic heterocycles. The third-order valence-corrected chi connectivity index (χ3v) is 6.01. The Bertz CT molecular complexity index is 971. The van der Waals surface area contributed by atoms with Gasteiger partial charge in [0.1, 0.15) is 16.3 Å². The maximum Gasteiger partial charge on any atom is 0.260 e. The summed E-state index contributed by atoms with van der Waals surface area (Å²) in [6.07, 6.45) is 2.88. The van der Waals surface area contributed by atoms with Crippen molar-refractivity contribution in [3.63, 3.8) is 0 Å². The smallest absolute Gasteiger partial charge is 0.260 e. The summed E-state index contributed by atoms with van der Waals surface area (Å²) in [5, 5.41) is 0. The van der Waals surface area contributed by atoms with Gasteiger partial charge in [-0.3, -0.25) is 4.79 Å². The lowest BCUT2D eigenvalue weighted by Gasteiger charge is -2.25. The number of sulfone groups is 1. The summed E-state index contributed by atoms with van der Waals surface area (Å²) in [5.74, 6) is -3.17. The van der Waals surface area contributed by atoms with Gasteiger partial charge in [-0.1, -0.05) is 29.8 Å². The second-order valence-electron chi connectivity index (χ2n) is 6.99. The van der Waals surface area contributed by atoms with E-state index in [1.807, 2.05) is 31.2 Å². The maximum atomic E-state index is 14.7. The first kappa shape index (κ1) is 19.5. The maximum absolute atomic E-state index is 14.7. The number of hydrogen-bond donors (Lipinski definition) is 0. The fourth-order valence-corrected chi connectivity index (χ4v) is 4.21. The van der Waals surface area contributed by atoms with Crippen LogP contribution in [0.25, 0.3) is 0 Å². The van der Waals surface area contributed by atoms with Crippen molar-refractivity contribution < 1.29 is 22.0 Å². The summed E-state index contributed by atoms with van der Waals surface area (Å²) >= 11 is 0. The van der Waals surface area contributed by atoms with Gasteiger partial charge < -0.3 is 4.90 Å². The van der Waals surface area contributed by atoms with Crippen molar-refractivity contribution in [1.29, 1.82) is 0 Å². The van der Waals surface area contributed by atoms with Crippen LogP contribution in [0.5, 0.6) is 0 Å². The Kier molecular flexibility index (Phi) is 5.33. The molecule has 1 atom stereocenters. The molecule has 3 rings (SSSR count). The molecule has 2 aromatic rings. The number of halogens is 2. The number of carbonyl (C=O) groups is 1. The Morgan fingerprint density at radius 2 is 1.81 bits per heavy atom. The fourth-order valence-electron chi connectivity index (χ4n) is 3.47. The Morgan fingerprint density at radius 3 is 2.44 bits per heavy atom. The van der Waals surface area contributed by atoms with Gasteiger partial charge in [0.2, 0.25) is 0 Å². The zero-order valence-corrected chi connectivity index (χ0v) is 16.0. The van der Waals surface area contributed by atoms with Crippen molar-refractivity contribution in [2.24, 2.45) is 0 Å². The Hall–Kier alpha value is -2.28. The molecule has 0 N–H and O–H groups in total. The lowest BCUT2D eigenvalue weighted by molar-refractivity contribution is 0.0726. The number of nitrogens with zero attached hydrogens (tertiary/aromatic N) is 1. The van der Waals surface area contributed by atoms with E-state index in [4.69, 9.17) is 0 Å². The number of benzene rings is 2. The largest absolute Gasteiger partial charge is 0.335 e. The zero-order valence-electron chi connectivity index (χ0n) is 15.2. The van der Waals surface area contributed by atoms with Gasteiger partial charge in [0.05, 0.1) is 0 Å². The molecule has 4 nitrogen and oxygen atoms in total. The normalized spacial score (nSPS) is 17.3. The van der Waals surface area contributed by atoms with Gasteiger partial charge in [-0.05, 0) is 43.9 Å². The van der Waals surface area contributed by atoms with Crippen molar-refractivity contribution in [3.05, 3.63) is 64.7 Å². The summed E-state index contributed by atoms with van der Waals surface area (Å²) in [6.45, 7) is 2.37. The van der Waals surface area contributed by atoms with E-state index in [2.05, 4.69) is 0 Å². The van der Waals surface area contributed by atoms with Crippen LogP contribution in [0.1, 0.15) is 34.3 Å². The van der Waals surface area contributed by atoms with Crippen LogP contribution in [0.2, 0.25) is 0 Å². The van der Waals surface area contributed by atoms with Gasteiger partial charge in [0.15, 0.2) is 15.7 Å². The quantitative estimate of drug-likeness (QED) is 0.747. The molecule has 0 aromatic heterocycles. The van der Waals surface area contributed by atoms with Gasteiger partial charge in [-0.2, -0.15) is 0 Å². The average molecular weight is 393 g/mol.